The van der Waals surface area contributed by atoms with Gasteiger partial charge >= 0.3 is 0 Å². The summed E-state index contributed by atoms with van der Waals surface area (Å²) in [6, 6.07) is 5.42. The zero-order chi connectivity index (χ0) is 12.1. The van der Waals surface area contributed by atoms with E-state index in [0.717, 1.165) is 26.2 Å². The van der Waals surface area contributed by atoms with Crippen LogP contribution in [0.15, 0.2) is 24.4 Å². The maximum absolute atomic E-state index is 12.2. The average molecular weight is 234 g/mol. The molecule has 4 heteroatoms. The monoisotopic (exact) mass is 234 g/mol. The second-order valence-corrected chi connectivity index (χ2v) is 4.29. The molecule has 1 aliphatic rings. The third-order valence-corrected chi connectivity index (χ3v) is 3.06. The number of carbonyl (C=O) groups excluding carboxylic acids is 1. The van der Waals surface area contributed by atoms with Crippen LogP contribution in [0.1, 0.15) is 23.8 Å². The molecule has 1 amide bonds. The maximum Gasteiger partial charge on any atom is 0.272 e. The Morgan fingerprint density at radius 3 is 3.06 bits per heavy atom. The van der Waals surface area contributed by atoms with E-state index in [4.69, 9.17) is 4.74 Å². The lowest BCUT2D eigenvalue weighted by Crippen LogP contribution is -2.35. The van der Waals surface area contributed by atoms with Crippen LogP contribution >= 0.6 is 0 Å². The van der Waals surface area contributed by atoms with Crippen molar-refractivity contribution in [1.29, 1.82) is 0 Å². The number of hydrogen-bond donors (Lipinski definition) is 0. The summed E-state index contributed by atoms with van der Waals surface area (Å²) >= 11 is 0. The van der Waals surface area contributed by atoms with Gasteiger partial charge in [0.15, 0.2) is 0 Å². The molecule has 1 aromatic heterocycles. The Labute approximate surface area is 102 Å². The fourth-order valence-corrected chi connectivity index (χ4v) is 2.05. The van der Waals surface area contributed by atoms with Gasteiger partial charge in [0.1, 0.15) is 5.69 Å². The smallest absolute Gasteiger partial charge is 0.272 e. The number of aromatic nitrogens is 1. The Bertz CT molecular complexity index is 361. The second-order valence-electron chi connectivity index (χ2n) is 4.29. The van der Waals surface area contributed by atoms with Crippen molar-refractivity contribution >= 4 is 5.91 Å². The molecule has 2 heterocycles. The molecule has 0 aromatic carbocycles. The molecule has 1 fully saturated rings. The van der Waals surface area contributed by atoms with Crippen molar-refractivity contribution in [2.45, 2.75) is 13.3 Å². The van der Waals surface area contributed by atoms with Gasteiger partial charge in [0, 0.05) is 31.8 Å². The number of nitrogens with zero attached hydrogens (tertiary/aromatic N) is 2. The number of carbonyl (C=O) groups is 1. The van der Waals surface area contributed by atoms with Gasteiger partial charge < -0.3 is 9.64 Å². The van der Waals surface area contributed by atoms with E-state index in [1.54, 1.807) is 12.3 Å². The van der Waals surface area contributed by atoms with E-state index < -0.39 is 0 Å². The Balaban J connectivity index is 2.00. The summed E-state index contributed by atoms with van der Waals surface area (Å²) in [5.74, 6) is 0.489. The molecule has 0 radical (unpaired) electrons. The molecule has 0 unspecified atom stereocenters. The van der Waals surface area contributed by atoms with Crippen LogP contribution in [0.5, 0.6) is 0 Å². The first-order chi connectivity index (χ1) is 8.31. The fourth-order valence-electron chi connectivity index (χ4n) is 2.05. The van der Waals surface area contributed by atoms with E-state index in [9.17, 15) is 4.79 Å². The minimum Gasteiger partial charge on any atom is -0.381 e. The van der Waals surface area contributed by atoms with Gasteiger partial charge in [0.05, 0.1) is 6.61 Å². The average Bonchev–Trinajstić information content (AvgIpc) is 2.89. The maximum atomic E-state index is 12.2. The SMILES string of the molecule is CCN(C[C@@H]1CCOC1)C(=O)c1ccccn1. The zero-order valence-electron chi connectivity index (χ0n) is 10.1. The Kier molecular flexibility index (Phi) is 4.09. The molecule has 0 aliphatic carbocycles. The summed E-state index contributed by atoms with van der Waals surface area (Å²) in [6.45, 7) is 5.07. The van der Waals surface area contributed by atoms with E-state index >= 15 is 0 Å². The number of rotatable bonds is 4. The Morgan fingerprint density at radius 2 is 2.47 bits per heavy atom. The largest absolute Gasteiger partial charge is 0.381 e. The summed E-state index contributed by atoms with van der Waals surface area (Å²) in [6.07, 6.45) is 2.70. The third kappa shape index (κ3) is 3.03. The summed E-state index contributed by atoms with van der Waals surface area (Å²) in [4.78, 5) is 18.1. The van der Waals surface area contributed by atoms with Gasteiger partial charge in [-0.05, 0) is 25.5 Å². The highest BCUT2D eigenvalue weighted by Gasteiger charge is 2.22. The van der Waals surface area contributed by atoms with Crippen molar-refractivity contribution in [2.24, 2.45) is 5.92 Å². The topological polar surface area (TPSA) is 42.4 Å². The molecule has 0 bridgehead atoms. The first-order valence-electron chi connectivity index (χ1n) is 6.09. The number of pyridine rings is 1. The van der Waals surface area contributed by atoms with E-state index in [1.165, 1.54) is 0 Å². The van der Waals surface area contributed by atoms with Crippen molar-refractivity contribution in [1.82, 2.24) is 9.88 Å². The van der Waals surface area contributed by atoms with Crippen LogP contribution in [0.25, 0.3) is 0 Å². The predicted octanol–water partition coefficient (Wildman–Crippen LogP) is 1.58. The van der Waals surface area contributed by atoms with Crippen LogP contribution in [0.4, 0.5) is 0 Å². The van der Waals surface area contributed by atoms with Crippen LogP contribution in [-0.2, 0) is 4.74 Å². The molecule has 92 valence electrons. The third-order valence-electron chi connectivity index (χ3n) is 3.06. The molecule has 0 saturated carbocycles. The first-order valence-corrected chi connectivity index (χ1v) is 6.09. The van der Waals surface area contributed by atoms with Crippen LogP contribution in [-0.4, -0.2) is 42.1 Å². The lowest BCUT2D eigenvalue weighted by molar-refractivity contribution is 0.0725. The lowest BCUT2D eigenvalue weighted by atomic mass is 10.1. The van der Waals surface area contributed by atoms with Crippen LogP contribution in [0, 0.1) is 5.92 Å². The van der Waals surface area contributed by atoms with Gasteiger partial charge in [0.2, 0.25) is 0 Å². The summed E-state index contributed by atoms with van der Waals surface area (Å²) < 4.78 is 5.33. The lowest BCUT2D eigenvalue weighted by Gasteiger charge is -2.23. The van der Waals surface area contributed by atoms with Crippen LogP contribution in [0.2, 0.25) is 0 Å². The minimum atomic E-state index is 0.0139. The Hall–Kier alpha value is -1.42. The van der Waals surface area contributed by atoms with Crippen LogP contribution in [0.3, 0.4) is 0 Å². The normalized spacial score (nSPS) is 19.2. The molecule has 1 atom stereocenters. The van der Waals surface area contributed by atoms with Gasteiger partial charge in [-0.3, -0.25) is 9.78 Å². The predicted molar refractivity (Wildman–Crippen MR) is 64.7 cm³/mol. The zero-order valence-corrected chi connectivity index (χ0v) is 10.1. The molecular formula is C13H18N2O2. The minimum absolute atomic E-state index is 0.0139. The van der Waals surface area contributed by atoms with E-state index in [-0.39, 0.29) is 5.91 Å². The number of hydrogen-bond acceptors (Lipinski definition) is 3. The molecule has 1 saturated heterocycles. The van der Waals surface area contributed by atoms with Crippen molar-refractivity contribution < 1.29 is 9.53 Å². The number of ether oxygens (including phenoxy) is 1. The molecule has 1 aromatic rings. The molecule has 0 N–H and O–H groups in total. The summed E-state index contributed by atoms with van der Waals surface area (Å²) in [5.41, 5.74) is 0.522. The molecule has 2 rings (SSSR count). The van der Waals surface area contributed by atoms with Crippen LogP contribution < -0.4 is 0 Å². The quantitative estimate of drug-likeness (QED) is 0.794. The fraction of sp³-hybridized carbons (Fsp3) is 0.538. The highest BCUT2D eigenvalue weighted by atomic mass is 16.5. The van der Waals surface area contributed by atoms with E-state index in [2.05, 4.69) is 4.98 Å². The molecule has 4 nitrogen and oxygen atoms in total. The highest BCUT2D eigenvalue weighted by Crippen LogP contribution is 2.15. The highest BCUT2D eigenvalue weighted by molar-refractivity contribution is 5.92. The van der Waals surface area contributed by atoms with Crippen molar-refractivity contribution in [3.63, 3.8) is 0 Å². The van der Waals surface area contributed by atoms with Gasteiger partial charge in [-0.25, -0.2) is 0 Å². The van der Waals surface area contributed by atoms with Gasteiger partial charge in [-0.15, -0.1) is 0 Å². The molecule has 0 spiro atoms. The molecule has 1 aliphatic heterocycles. The summed E-state index contributed by atoms with van der Waals surface area (Å²) in [5, 5.41) is 0. The van der Waals surface area contributed by atoms with E-state index in [1.807, 2.05) is 24.0 Å². The second kappa shape index (κ2) is 5.77. The molecular weight excluding hydrogens is 216 g/mol. The van der Waals surface area contributed by atoms with Gasteiger partial charge in [-0.1, -0.05) is 6.07 Å². The Morgan fingerprint density at radius 1 is 1.59 bits per heavy atom. The van der Waals surface area contributed by atoms with E-state index in [0.29, 0.717) is 18.2 Å². The van der Waals surface area contributed by atoms with Crippen molar-refractivity contribution in [3.8, 4) is 0 Å². The standard InChI is InChI=1S/C13H18N2O2/c1-2-15(9-11-6-8-17-10-11)13(16)12-5-3-4-7-14-12/h3-5,7,11H,2,6,8-10H2,1H3/t11-/m0/s1. The molecule has 17 heavy (non-hydrogen) atoms. The van der Waals surface area contributed by atoms with Gasteiger partial charge in [0.25, 0.3) is 5.91 Å². The number of amides is 1. The van der Waals surface area contributed by atoms with Crippen molar-refractivity contribution in [3.05, 3.63) is 30.1 Å². The van der Waals surface area contributed by atoms with Crippen molar-refractivity contribution in [2.75, 3.05) is 26.3 Å². The first kappa shape index (κ1) is 12.0. The van der Waals surface area contributed by atoms with Gasteiger partial charge in [-0.2, -0.15) is 0 Å². The summed E-state index contributed by atoms with van der Waals surface area (Å²) in [7, 11) is 0.